The fourth-order valence-corrected chi connectivity index (χ4v) is 6.76. The van der Waals surface area contributed by atoms with E-state index in [1.807, 2.05) is 43.3 Å². The Labute approximate surface area is 268 Å². The Morgan fingerprint density at radius 2 is 1.93 bits per heavy atom. The summed E-state index contributed by atoms with van der Waals surface area (Å²) in [4.78, 5) is 20.2. The number of ether oxygens (including phenoxy) is 4. The fraction of sp³-hybridized carbons (Fsp3) is 0.417. The number of benzene rings is 3. The van der Waals surface area contributed by atoms with Crippen molar-refractivity contribution in [1.29, 1.82) is 5.26 Å². The molecule has 46 heavy (non-hydrogen) atoms. The number of fused-ring (bicyclic) bond motifs is 2. The van der Waals surface area contributed by atoms with Gasteiger partial charge < -0.3 is 28.8 Å². The van der Waals surface area contributed by atoms with Gasteiger partial charge in [-0.2, -0.15) is 5.26 Å². The average molecular weight is 622 g/mol. The van der Waals surface area contributed by atoms with Crippen LogP contribution < -0.4 is 19.5 Å². The molecule has 3 aliphatic rings. The third kappa shape index (κ3) is 5.88. The number of carbonyl (C=O) groups excluding carboxylic acids is 1. The van der Waals surface area contributed by atoms with Crippen molar-refractivity contribution in [2.24, 2.45) is 0 Å². The Morgan fingerprint density at radius 3 is 2.63 bits per heavy atom. The van der Waals surface area contributed by atoms with E-state index in [4.69, 9.17) is 29.2 Å². The van der Waals surface area contributed by atoms with Gasteiger partial charge in [-0.3, -0.25) is 4.90 Å². The van der Waals surface area contributed by atoms with E-state index >= 15 is 0 Å². The summed E-state index contributed by atoms with van der Waals surface area (Å²) in [7, 11) is 1.62. The van der Waals surface area contributed by atoms with E-state index in [1.54, 1.807) is 13.2 Å². The molecule has 10 heteroatoms. The Kier molecular flexibility index (Phi) is 8.52. The monoisotopic (exact) mass is 621 g/mol. The maximum atomic E-state index is 12.7. The molecule has 1 aromatic heterocycles. The number of hydrogen-bond acceptors (Lipinski definition) is 9. The van der Waals surface area contributed by atoms with Gasteiger partial charge in [0, 0.05) is 18.2 Å². The molecule has 0 unspecified atom stereocenters. The Hall–Kier alpha value is -4.59. The second kappa shape index (κ2) is 13.0. The van der Waals surface area contributed by atoms with Crippen molar-refractivity contribution in [1.82, 2.24) is 19.8 Å². The van der Waals surface area contributed by atoms with Crippen LogP contribution in [0.25, 0.3) is 11.0 Å². The van der Waals surface area contributed by atoms with Crippen LogP contribution in [0.1, 0.15) is 71.1 Å². The van der Waals surface area contributed by atoms with Crippen LogP contribution in [-0.4, -0.2) is 66.4 Å². The van der Waals surface area contributed by atoms with Crippen LogP contribution in [0.3, 0.4) is 0 Å². The molecule has 2 saturated heterocycles. The van der Waals surface area contributed by atoms with E-state index < -0.39 is 0 Å². The largest absolute Gasteiger partial charge is 0.494 e. The molecule has 2 atom stereocenters. The third-order valence-electron chi connectivity index (χ3n) is 9.42. The Morgan fingerprint density at radius 1 is 1.13 bits per heavy atom. The van der Waals surface area contributed by atoms with E-state index in [2.05, 4.69) is 33.0 Å². The lowest BCUT2D eigenvalue weighted by molar-refractivity contribution is 0.0526. The quantitative estimate of drug-likeness (QED) is 0.247. The summed E-state index contributed by atoms with van der Waals surface area (Å²) in [6.07, 6.45) is 2.90. The highest BCUT2D eigenvalue weighted by Gasteiger charge is 2.31. The lowest BCUT2D eigenvalue weighted by Gasteiger charge is -2.35. The molecule has 3 aliphatic heterocycles. The zero-order valence-electron chi connectivity index (χ0n) is 26.3. The lowest BCUT2D eigenvalue weighted by atomic mass is 9.88. The van der Waals surface area contributed by atoms with E-state index in [0.717, 1.165) is 79.4 Å². The number of esters is 1. The molecule has 0 bridgehead atoms. The third-order valence-corrected chi connectivity index (χ3v) is 9.42. The molecular formula is C36H39N5O5. The van der Waals surface area contributed by atoms with Crippen LogP contribution >= 0.6 is 0 Å². The molecule has 0 aliphatic carbocycles. The van der Waals surface area contributed by atoms with Crippen LogP contribution in [0.4, 0.5) is 0 Å². The highest BCUT2D eigenvalue weighted by molar-refractivity contribution is 5.96. The van der Waals surface area contributed by atoms with Gasteiger partial charge in [0.25, 0.3) is 0 Å². The number of carbonyl (C=O) groups is 1. The number of methoxy groups -OCH3 is 1. The Balaban J connectivity index is 1.07. The number of aromatic nitrogens is 2. The van der Waals surface area contributed by atoms with Crippen LogP contribution in [0.15, 0.2) is 54.6 Å². The lowest BCUT2D eigenvalue weighted by Crippen LogP contribution is -2.46. The normalized spacial score (nSPS) is 19.8. The summed E-state index contributed by atoms with van der Waals surface area (Å²) in [6, 6.07) is 19.9. The van der Waals surface area contributed by atoms with Crippen molar-refractivity contribution < 1.29 is 23.7 Å². The predicted octanol–water partition coefficient (Wildman–Crippen LogP) is 5.35. The molecule has 1 N–H and O–H groups in total. The molecule has 4 heterocycles. The first-order chi connectivity index (χ1) is 22.5. The molecule has 0 amide bonds. The first-order valence-electron chi connectivity index (χ1n) is 16.2. The van der Waals surface area contributed by atoms with Gasteiger partial charge in [-0.1, -0.05) is 24.3 Å². The number of rotatable bonds is 9. The van der Waals surface area contributed by atoms with Gasteiger partial charge in [0.1, 0.15) is 23.7 Å². The molecule has 7 rings (SSSR count). The second-order valence-electron chi connectivity index (χ2n) is 12.2. The molecule has 0 radical (unpaired) electrons. The van der Waals surface area contributed by atoms with Crippen LogP contribution in [0.2, 0.25) is 0 Å². The van der Waals surface area contributed by atoms with E-state index in [1.165, 1.54) is 5.56 Å². The average Bonchev–Trinajstić information content (AvgIpc) is 3.42. The van der Waals surface area contributed by atoms with Gasteiger partial charge in [-0.05, 0) is 87.6 Å². The van der Waals surface area contributed by atoms with Crippen molar-refractivity contribution in [2.75, 3.05) is 40.0 Å². The molecule has 0 saturated carbocycles. The number of imidazole rings is 1. The minimum atomic E-state index is -0.358. The van der Waals surface area contributed by atoms with Crippen molar-refractivity contribution in [3.05, 3.63) is 82.7 Å². The van der Waals surface area contributed by atoms with E-state index in [0.29, 0.717) is 48.6 Å². The van der Waals surface area contributed by atoms with E-state index in [9.17, 15) is 4.79 Å². The fourth-order valence-electron chi connectivity index (χ4n) is 6.76. The molecule has 3 aromatic carbocycles. The van der Waals surface area contributed by atoms with Crippen LogP contribution in [0, 0.1) is 11.3 Å². The summed E-state index contributed by atoms with van der Waals surface area (Å²) in [6.45, 7) is 6.94. The van der Waals surface area contributed by atoms with Gasteiger partial charge >= 0.3 is 5.97 Å². The Bertz CT molecular complexity index is 1770. The number of hydrogen-bond donors (Lipinski definition) is 1. The molecule has 238 valence electrons. The van der Waals surface area contributed by atoms with Gasteiger partial charge in [0.15, 0.2) is 17.6 Å². The van der Waals surface area contributed by atoms with E-state index in [-0.39, 0.29) is 12.1 Å². The molecule has 10 nitrogen and oxygen atoms in total. The standard InChI is InChI=1S/C36H39N5O5/c1-3-44-36(42)26-17-29-34(31(18-26)43-2)39-33(41(29)20-27-11-14-38-27)21-40-15-12-24(13-16-40)28-5-4-6-30-35(28)45-22-32(46-30)25-9-7-23(19-37)8-10-25/h4-10,17-18,24,27,32,38H,3,11-16,20-22H2,1-2H3/t27-,32-/m0/s1. The maximum absolute atomic E-state index is 12.7. The molecular weight excluding hydrogens is 582 g/mol. The molecule has 4 aromatic rings. The van der Waals surface area contributed by atoms with Crippen molar-refractivity contribution >= 4 is 17.0 Å². The zero-order chi connectivity index (χ0) is 31.6. The molecule has 0 spiro atoms. The predicted molar refractivity (Wildman–Crippen MR) is 172 cm³/mol. The first kappa shape index (κ1) is 30.1. The van der Waals surface area contributed by atoms with Crippen molar-refractivity contribution in [2.45, 2.75) is 57.3 Å². The van der Waals surface area contributed by atoms with Gasteiger partial charge in [0.05, 0.1) is 43.0 Å². The number of nitriles is 1. The van der Waals surface area contributed by atoms with Crippen molar-refractivity contribution in [3.63, 3.8) is 0 Å². The summed E-state index contributed by atoms with van der Waals surface area (Å²) in [5.74, 6) is 3.19. The summed E-state index contributed by atoms with van der Waals surface area (Å²) in [5, 5.41) is 12.6. The number of piperidine rings is 1. The smallest absolute Gasteiger partial charge is 0.338 e. The van der Waals surface area contributed by atoms with Gasteiger partial charge in [-0.15, -0.1) is 0 Å². The number of nitrogens with zero attached hydrogens (tertiary/aromatic N) is 4. The topological polar surface area (TPSA) is 111 Å². The first-order valence-corrected chi connectivity index (χ1v) is 16.2. The van der Waals surface area contributed by atoms with Crippen molar-refractivity contribution in [3.8, 4) is 23.3 Å². The summed E-state index contributed by atoms with van der Waals surface area (Å²) in [5.41, 5.74) is 4.97. The minimum Gasteiger partial charge on any atom is -0.494 e. The van der Waals surface area contributed by atoms with Gasteiger partial charge in [-0.25, -0.2) is 9.78 Å². The summed E-state index contributed by atoms with van der Waals surface area (Å²) >= 11 is 0. The maximum Gasteiger partial charge on any atom is 0.338 e. The highest BCUT2D eigenvalue weighted by Crippen LogP contribution is 2.44. The summed E-state index contributed by atoms with van der Waals surface area (Å²) < 4.78 is 26.0. The SMILES string of the molecule is CCOC(=O)c1cc(OC)c2nc(CN3CCC(c4cccc5c4OC[C@@H](c4ccc(C#N)cc4)O5)CC3)n(C[C@@H]3CCN3)c2c1. The number of likely N-dealkylation sites (tertiary alicyclic amines) is 1. The van der Waals surface area contributed by atoms with Crippen LogP contribution in [0.5, 0.6) is 17.2 Å². The number of para-hydroxylation sites is 1. The zero-order valence-corrected chi connectivity index (χ0v) is 26.3. The second-order valence-corrected chi connectivity index (χ2v) is 12.2. The minimum absolute atomic E-state index is 0.210. The molecule has 2 fully saturated rings. The number of nitrogens with one attached hydrogen (secondary N) is 1. The van der Waals surface area contributed by atoms with Gasteiger partial charge in [0.2, 0.25) is 0 Å². The highest BCUT2D eigenvalue weighted by atomic mass is 16.6. The van der Waals surface area contributed by atoms with Crippen LogP contribution in [-0.2, 0) is 17.8 Å².